The van der Waals surface area contributed by atoms with E-state index in [1.807, 2.05) is 61.9 Å². The minimum absolute atomic E-state index is 0. The first kappa shape index (κ1) is 25.6. The predicted octanol–water partition coefficient (Wildman–Crippen LogP) is 4.54. The summed E-state index contributed by atoms with van der Waals surface area (Å²) < 4.78 is 39.1. The number of pyridine rings is 1. The van der Waals surface area contributed by atoms with Gasteiger partial charge in [-0.25, -0.2) is 19.7 Å². The molecule has 0 bridgehead atoms. The van der Waals surface area contributed by atoms with E-state index < -0.39 is 21.0 Å². The molecule has 0 saturated carbocycles. The molecule has 11 heteroatoms. The quantitative estimate of drug-likeness (QED) is 0.340. The van der Waals surface area contributed by atoms with Crippen molar-refractivity contribution in [2.24, 2.45) is 0 Å². The average molecular weight is 524 g/mol. The van der Waals surface area contributed by atoms with Gasteiger partial charge in [0, 0.05) is 20.8 Å². The lowest BCUT2D eigenvalue weighted by Gasteiger charge is -2.14. The molecule has 1 amide bonds. The number of anilines is 1. The average Bonchev–Trinajstić information content (AvgIpc) is 2.86. The van der Waals surface area contributed by atoms with E-state index in [0.717, 1.165) is 22.9 Å². The lowest BCUT2D eigenvalue weighted by atomic mass is 10.1. The fraction of sp³-hybridized carbons (Fsp3) is 0.154. The summed E-state index contributed by atoms with van der Waals surface area (Å²) in [7, 11) is -4.41. The number of nitrogens with one attached hydrogen (secondary N) is 1. The van der Waals surface area contributed by atoms with Crippen LogP contribution in [-0.4, -0.2) is 35.9 Å². The second-order valence-electron chi connectivity index (χ2n) is 8.06. The molecule has 3 N–H and O–H groups in total. The van der Waals surface area contributed by atoms with Gasteiger partial charge in [0.1, 0.15) is 17.1 Å². The minimum atomic E-state index is -4.41. The van der Waals surface area contributed by atoms with Crippen LogP contribution >= 0.6 is 0 Å². The summed E-state index contributed by atoms with van der Waals surface area (Å²) in [5.74, 6) is -0.188. The summed E-state index contributed by atoms with van der Waals surface area (Å²) in [4.78, 5) is 25.1. The van der Waals surface area contributed by atoms with Gasteiger partial charge < -0.3 is 15.2 Å². The van der Waals surface area contributed by atoms with Gasteiger partial charge in [0.2, 0.25) is 10.9 Å². The summed E-state index contributed by atoms with van der Waals surface area (Å²) in [5.41, 5.74) is 8.67. The second-order valence-corrected chi connectivity index (χ2v) is 9.66. The number of nitrogen functional groups attached to an aromatic ring is 1. The van der Waals surface area contributed by atoms with Crippen molar-refractivity contribution in [1.29, 1.82) is 0 Å². The van der Waals surface area contributed by atoms with Gasteiger partial charge in [-0.05, 0) is 68.8 Å². The molecule has 194 valence electrons. The van der Waals surface area contributed by atoms with E-state index in [2.05, 4.69) is 15.0 Å². The Morgan fingerprint density at radius 1 is 1.03 bits per heavy atom. The molecule has 0 aliphatic heterocycles. The normalized spacial score (nSPS) is 11.1. The topological polar surface area (TPSA) is 146 Å². The molecule has 10 nitrogen and oxygen atoms in total. The number of benzene rings is 2. The Bertz CT molecular complexity index is 1570. The molecular weight excluding hydrogens is 494 g/mol. The number of amides is 1. The third-order valence-electron chi connectivity index (χ3n) is 5.28. The molecular formula is C26H29N5O5S. The monoisotopic (exact) mass is 523 g/mol. The first-order valence-corrected chi connectivity index (χ1v) is 12.8. The smallest absolute Gasteiger partial charge is 0.285 e. The molecule has 0 fully saturated rings. The molecule has 0 unspecified atom stereocenters. The van der Waals surface area contributed by atoms with Gasteiger partial charge in [-0.3, -0.25) is 4.79 Å². The van der Waals surface area contributed by atoms with Crippen molar-refractivity contribution in [2.75, 3.05) is 12.3 Å². The first-order chi connectivity index (χ1) is 17.7. The van der Waals surface area contributed by atoms with Crippen LogP contribution in [0.15, 0.2) is 72.0 Å². The zero-order valence-corrected chi connectivity index (χ0v) is 21.2. The zero-order chi connectivity index (χ0) is 26.6. The van der Waals surface area contributed by atoms with Crippen molar-refractivity contribution < 1.29 is 25.5 Å². The van der Waals surface area contributed by atoms with E-state index in [1.165, 1.54) is 12.3 Å². The van der Waals surface area contributed by atoms with Crippen LogP contribution in [0.2, 0.25) is 0 Å². The number of ether oxygens (including phenoxy) is 2. The third-order valence-corrected chi connectivity index (χ3v) is 6.55. The van der Waals surface area contributed by atoms with Gasteiger partial charge in [0.15, 0.2) is 5.82 Å². The maximum Gasteiger partial charge on any atom is 0.285 e. The van der Waals surface area contributed by atoms with Crippen LogP contribution in [0.5, 0.6) is 17.4 Å². The summed E-state index contributed by atoms with van der Waals surface area (Å²) >= 11 is 0. The van der Waals surface area contributed by atoms with Crippen molar-refractivity contribution >= 4 is 21.7 Å². The maximum absolute atomic E-state index is 13.1. The molecule has 4 aromatic rings. The number of sulfonamides is 1. The molecule has 0 saturated heterocycles. The number of aromatic nitrogens is 3. The van der Waals surface area contributed by atoms with Crippen LogP contribution in [0.3, 0.4) is 0 Å². The van der Waals surface area contributed by atoms with Gasteiger partial charge in [-0.1, -0.05) is 17.7 Å². The number of hydrogen-bond acceptors (Lipinski definition) is 9. The molecule has 2 aromatic heterocycles. The standard InChI is InChI=1S/C26H25N5O5S.2H2/c1-4-35-19-8-6-18(7-9-19)21-11-10-20(25(30-21)36-22-12-5-16(2)15-17(22)3)24(32)31-37(33,34)26-23(27)28-13-14-29-26;;/h5-15H,4H2,1-3H3,(H2,27,28)(H,31,32);2*1H. The number of aryl methyl sites for hydroxylation is 2. The van der Waals surface area contributed by atoms with E-state index >= 15 is 0 Å². The highest BCUT2D eigenvalue weighted by Gasteiger charge is 2.26. The summed E-state index contributed by atoms with van der Waals surface area (Å²) in [6.45, 7) is 6.25. The molecule has 0 atom stereocenters. The third kappa shape index (κ3) is 5.84. The van der Waals surface area contributed by atoms with E-state index in [0.29, 0.717) is 23.8 Å². The molecule has 2 aromatic carbocycles. The number of carbonyl (C=O) groups is 1. The van der Waals surface area contributed by atoms with Crippen LogP contribution in [0.4, 0.5) is 5.82 Å². The lowest BCUT2D eigenvalue weighted by Crippen LogP contribution is -2.32. The fourth-order valence-electron chi connectivity index (χ4n) is 3.53. The molecule has 37 heavy (non-hydrogen) atoms. The number of hydrogen-bond donors (Lipinski definition) is 2. The Morgan fingerprint density at radius 3 is 2.43 bits per heavy atom. The van der Waals surface area contributed by atoms with Crippen LogP contribution in [0.1, 0.15) is 31.3 Å². The van der Waals surface area contributed by atoms with Gasteiger partial charge in [0.25, 0.3) is 15.9 Å². The van der Waals surface area contributed by atoms with Gasteiger partial charge >= 0.3 is 0 Å². The van der Waals surface area contributed by atoms with Crippen LogP contribution in [0.25, 0.3) is 11.3 Å². The van der Waals surface area contributed by atoms with Crippen molar-refractivity contribution in [1.82, 2.24) is 19.7 Å². The molecule has 0 aliphatic carbocycles. The Kier molecular flexibility index (Phi) is 7.35. The van der Waals surface area contributed by atoms with Crippen LogP contribution in [-0.2, 0) is 10.0 Å². The van der Waals surface area contributed by atoms with E-state index in [9.17, 15) is 13.2 Å². The lowest BCUT2D eigenvalue weighted by molar-refractivity contribution is 0.0978. The van der Waals surface area contributed by atoms with Crippen molar-refractivity contribution in [2.45, 2.75) is 25.8 Å². The fourth-order valence-corrected chi connectivity index (χ4v) is 4.51. The van der Waals surface area contributed by atoms with Crippen LogP contribution in [0, 0.1) is 13.8 Å². The summed E-state index contributed by atoms with van der Waals surface area (Å²) in [6.07, 6.45) is 2.41. The number of nitrogens with two attached hydrogens (primary N) is 1. The Hall–Kier alpha value is -4.51. The van der Waals surface area contributed by atoms with E-state index in [1.54, 1.807) is 12.1 Å². The number of rotatable bonds is 8. The summed E-state index contributed by atoms with van der Waals surface area (Å²) in [5, 5.41) is -0.556. The van der Waals surface area contributed by atoms with E-state index in [-0.39, 0.29) is 20.1 Å². The summed E-state index contributed by atoms with van der Waals surface area (Å²) in [6, 6.07) is 15.9. The highest BCUT2D eigenvalue weighted by molar-refractivity contribution is 7.90. The van der Waals surface area contributed by atoms with Crippen molar-refractivity contribution in [3.05, 3.63) is 83.7 Å². The Balaban J connectivity index is 0.00000267. The zero-order valence-electron chi connectivity index (χ0n) is 20.4. The van der Waals surface area contributed by atoms with Crippen molar-refractivity contribution in [3.8, 4) is 28.6 Å². The maximum atomic E-state index is 13.1. The molecule has 0 spiro atoms. The van der Waals surface area contributed by atoms with Gasteiger partial charge in [-0.15, -0.1) is 0 Å². The number of carbonyl (C=O) groups excluding carboxylic acids is 1. The molecule has 2 heterocycles. The van der Waals surface area contributed by atoms with Crippen LogP contribution < -0.4 is 19.9 Å². The second kappa shape index (κ2) is 10.6. The minimum Gasteiger partial charge on any atom is -0.494 e. The van der Waals surface area contributed by atoms with Gasteiger partial charge in [0.05, 0.1) is 12.3 Å². The number of nitrogens with zero attached hydrogens (tertiary/aromatic N) is 3. The van der Waals surface area contributed by atoms with Crippen molar-refractivity contribution in [3.63, 3.8) is 0 Å². The molecule has 4 rings (SSSR count). The van der Waals surface area contributed by atoms with E-state index in [4.69, 9.17) is 15.2 Å². The molecule has 0 aliphatic rings. The highest BCUT2D eigenvalue weighted by Crippen LogP contribution is 2.31. The molecule has 0 radical (unpaired) electrons. The largest absolute Gasteiger partial charge is 0.494 e. The first-order valence-electron chi connectivity index (χ1n) is 11.3. The highest BCUT2D eigenvalue weighted by atomic mass is 32.2. The van der Waals surface area contributed by atoms with Gasteiger partial charge in [-0.2, -0.15) is 8.42 Å². The SMILES string of the molecule is CCOc1ccc(-c2ccc(C(=O)NS(=O)(=O)c3nccnc3N)c(Oc3ccc(C)cc3C)n2)cc1.[HH].[HH]. The predicted molar refractivity (Wildman–Crippen MR) is 142 cm³/mol. The Labute approximate surface area is 217 Å². The Morgan fingerprint density at radius 2 is 1.76 bits per heavy atom.